The van der Waals surface area contributed by atoms with Crippen LogP contribution in [0.5, 0.6) is 0 Å². The van der Waals surface area contributed by atoms with E-state index in [1.807, 2.05) is 24.3 Å². The van der Waals surface area contributed by atoms with Gasteiger partial charge in [-0.05, 0) is 38.2 Å². The van der Waals surface area contributed by atoms with E-state index in [2.05, 4.69) is 28.2 Å². The average Bonchev–Trinajstić information content (AvgIpc) is 2.46. The molecule has 0 aliphatic carbocycles. The largest absolute Gasteiger partial charge is 0.385 e. The van der Waals surface area contributed by atoms with Gasteiger partial charge in [0.2, 0.25) is 0 Å². The highest BCUT2D eigenvalue weighted by Crippen LogP contribution is 2.09. The molecule has 0 radical (unpaired) electrons. The summed E-state index contributed by atoms with van der Waals surface area (Å²) in [5, 5.41) is 12.2. The third kappa shape index (κ3) is 4.55. The Bertz CT molecular complexity index is 430. The van der Waals surface area contributed by atoms with E-state index >= 15 is 0 Å². The first-order chi connectivity index (χ1) is 9.28. The Morgan fingerprint density at radius 1 is 1.26 bits per heavy atom. The van der Waals surface area contributed by atoms with Gasteiger partial charge in [-0.25, -0.2) is 0 Å². The van der Waals surface area contributed by atoms with Crippen molar-refractivity contribution in [1.82, 2.24) is 9.80 Å². The predicted molar refractivity (Wildman–Crippen MR) is 78.2 cm³/mol. The van der Waals surface area contributed by atoms with Gasteiger partial charge < -0.3 is 15.1 Å². The number of rotatable bonds is 5. The molecule has 102 valence electrons. The molecule has 0 atom stereocenters. The van der Waals surface area contributed by atoms with Crippen molar-refractivity contribution in [2.75, 3.05) is 51.6 Å². The second-order valence-electron chi connectivity index (χ2n) is 5.12. The number of nitrogens with zero attached hydrogens (tertiary/aromatic N) is 3. The zero-order chi connectivity index (χ0) is 13.5. The third-order valence-corrected chi connectivity index (χ3v) is 3.57. The lowest BCUT2D eigenvalue weighted by Crippen LogP contribution is -2.44. The Morgan fingerprint density at radius 3 is 2.79 bits per heavy atom. The number of anilines is 1. The summed E-state index contributed by atoms with van der Waals surface area (Å²) >= 11 is 0. The highest BCUT2D eigenvalue weighted by Gasteiger charge is 2.12. The van der Waals surface area contributed by atoms with Crippen molar-refractivity contribution in [3.8, 4) is 6.07 Å². The van der Waals surface area contributed by atoms with Crippen LogP contribution >= 0.6 is 0 Å². The van der Waals surface area contributed by atoms with Gasteiger partial charge in [0.05, 0.1) is 11.6 Å². The number of hydrogen-bond acceptors (Lipinski definition) is 4. The van der Waals surface area contributed by atoms with Crippen LogP contribution in [0.15, 0.2) is 24.3 Å². The molecule has 1 aromatic carbocycles. The molecule has 4 heteroatoms. The van der Waals surface area contributed by atoms with Crippen LogP contribution in [0.4, 0.5) is 5.69 Å². The van der Waals surface area contributed by atoms with Crippen molar-refractivity contribution in [3.63, 3.8) is 0 Å². The van der Waals surface area contributed by atoms with Crippen molar-refractivity contribution in [2.24, 2.45) is 0 Å². The second kappa shape index (κ2) is 7.13. The molecular weight excluding hydrogens is 236 g/mol. The van der Waals surface area contributed by atoms with Gasteiger partial charge in [-0.2, -0.15) is 5.26 Å². The van der Waals surface area contributed by atoms with Crippen molar-refractivity contribution in [2.45, 2.75) is 6.42 Å². The molecule has 1 saturated heterocycles. The molecule has 1 N–H and O–H groups in total. The summed E-state index contributed by atoms with van der Waals surface area (Å²) in [6.07, 6.45) is 1.14. The van der Waals surface area contributed by atoms with Crippen LogP contribution in [0.25, 0.3) is 0 Å². The minimum atomic E-state index is 0.712. The molecular formula is C15H22N4. The maximum Gasteiger partial charge on any atom is 0.0992 e. The number of benzene rings is 1. The molecule has 0 spiro atoms. The molecule has 1 fully saturated rings. The van der Waals surface area contributed by atoms with E-state index < -0.39 is 0 Å². The van der Waals surface area contributed by atoms with Crippen LogP contribution in [0.1, 0.15) is 12.0 Å². The summed E-state index contributed by atoms with van der Waals surface area (Å²) in [6.45, 7) is 6.83. The van der Waals surface area contributed by atoms with Gasteiger partial charge in [0, 0.05) is 38.4 Å². The highest BCUT2D eigenvalue weighted by molar-refractivity contribution is 5.48. The number of nitrogens with one attached hydrogen (secondary N) is 1. The standard InChI is InChI=1S/C15H22N4/c1-18-8-10-19(11-9-18)7-3-6-17-15-5-2-4-14(12-15)13-16/h2,4-5,12,17H,3,6-11H2,1H3. The predicted octanol–water partition coefficient (Wildman–Crippen LogP) is 1.61. The van der Waals surface area contributed by atoms with Gasteiger partial charge in [-0.3, -0.25) is 0 Å². The maximum atomic E-state index is 8.84. The Morgan fingerprint density at radius 2 is 2.05 bits per heavy atom. The average molecular weight is 258 g/mol. The third-order valence-electron chi connectivity index (χ3n) is 3.57. The summed E-state index contributed by atoms with van der Waals surface area (Å²) in [7, 11) is 2.18. The number of hydrogen-bond donors (Lipinski definition) is 1. The van der Waals surface area contributed by atoms with E-state index in [0.29, 0.717) is 5.56 Å². The molecule has 0 aromatic heterocycles. The lowest BCUT2D eigenvalue weighted by Gasteiger charge is -2.32. The molecule has 1 aliphatic heterocycles. The first-order valence-corrected chi connectivity index (χ1v) is 6.93. The Balaban J connectivity index is 1.65. The summed E-state index contributed by atoms with van der Waals surface area (Å²) in [6, 6.07) is 9.82. The first-order valence-electron chi connectivity index (χ1n) is 6.93. The molecule has 4 nitrogen and oxygen atoms in total. The topological polar surface area (TPSA) is 42.3 Å². The molecule has 0 amide bonds. The van der Waals surface area contributed by atoms with Gasteiger partial charge in [0.1, 0.15) is 0 Å². The summed E-state index contributed by atoms with van der Waals surface area (Å²) in [5.74, 6) is 0. The summed E-state index contributed by atoms with van der Waals surface area (Å²) in [4.78, 5) is 4.90. The fourth-order valence-corrected chi connectivity index (χ4v) is 2.31. The number of likely N-dealkylation sites (N-methyl/N-ethyl adjacent to an activating group) is 1. The van der Waals surface area contributed by atoms with Crippen LogP contribution in [0.3, 0.4) is 0 Å². The Hall–Kier alpha value is -1.57. The lowest BCUT2D eigenvalue weighted by molar-refractivity contribution is 0.154. The van der Waals surface area contributed by atoms with Crippen molar-refractivity contribution >= 4 is 5.69 Å². The van der Waals surface area contributed by atoms with Gasteiger partial charge >= 0.3 is 0 Å². The minimum absolute atomic E-state index is 0.712. The minimum Gasteiger partial charge on any atom is -0.385 e. The number of nitriles is 1. The van der Waals surface area contributed by atoms with Crippen LogP contribution < -0.4 is 5.32 Å². The van der Waals surface area contributed by atoms with Gasteiger partial charge in [-0.1, -0.05) is 6.07 Å². The fourth-order valence-electron chi connectivity index (χ4n) is 2.31. The van der Waals surface area contributed by atoms with Gasteiger partial charge in [0.25, 0.3) is 0 Å². The van der Waals surface area contributed by atoms with Crippen molar-refractivity contribution < 1.29 is 0 Å². The van der Waals surface area contributed by atoms with E-state index in [4.69, 9.17) is 5.26 Å². The number of piperazine rings is 1. The first kappa shape index (κ1) is 13.9. The zero-order valence-corrected chi connectivity index (χ0v) is 11.6. The van der Waals surface area contributed by atoms with Crippen LogP contribution in [-0.4, -0.2) is 56.1 Å². The monoisotopic (exact) mass is 258 g/mol. The molecule has 0 saturated carbocycles. The van der Waals surface area contributed by atoms with Crippen LogP contribution in [-0.2, 0) is 0 Å². The van der Waals surface area contributed by atoms with E-state index in [-0.39, 0.29) is 0 Å². The van der Waals surface area contributed by atoms with Gasteiger partial charge in [-0.15, -0.1) is 0 Å². The fraction of sp³-hybridized carbons (Fsp3) is 0.533. The molecule has 0 bridgehead atoms. The quantitative estimate of drug-likeness (QED) is 0.815. The van der Waals surface area contributed by atoms with E-state index in [1.54, 1.807) is 0 Å². The maximum absolute atomic E-state index is 8.84. The molecule has 1 aliphatic rings. The summed E-state index contributed by atoms with van der Waals surface area (Å²) in [5.41, 5.74) is 1.75. The summed E-state index contributed by atoms with van der Waals surface area (Å²) < 4.78 is 0. The molecule has 19 heavy (non-hydrogen) atoms. The normalized spacial score (nSPS) is 17.1. The lowest BCUT2D eigenvalue weighted by atomic mass is 10.2. The Labute approximate surface area is 115 Å². The molecule has 1 heterocycles. The van der Waals surface area contributed by atoms with Crippen LogP contribution in [0, 0.1) is 11.3 Å². The Kier molecular flexibility index (Phi) is 5.20. The highest BCUT2D eigenvalue weighted by atomic mass is 15.2. The molecule has 2 rings (SSSR count). The van der Waals surface area contributed by atoms with E-state index in [1.165, 1.54) is 26.2 Å². The SMILES string of the molecule is CN1CCN(CCCNc2cccc(C#N)c2)CC1. The van der Waals surface area contributed by atoms with Crippen molar-refractivity contribution in [3.05, 3.63) is 29.8 Å². The molecule has 0 unspecified atom stereocenters. The second-order valence-corrected chi connectivity index (χ2v) is 5.12. The van der Waals surface area contributed by atoms with E-state index in [0.717, 1.165) is 25.2 Å². The zero-order valence-electron chi connectivity index (χ0n) is 11.6. The van der Waals surface area contributed by atoms with Gasteiger partial charge in [0.15, 0.2) is 0 Å². The van der Waals surface area contributed by atoms with Crippen molar-refractivity contribution in [1.29, 1.82) is 5.26 Å². The smallest absolute Gasteiger partial charge is 0.0992 e. The molecule has 1 aromatic rings. The van der Waals surface area contributed by atoms with E-state index in [9.17, 15) is 0 Å². The van der Waals surface area contributed by atoms with Crippen LogP contribution in [0.2, 0.25) is 0 Å².